The van der Waals surface area contributed by atoms with Crippen molar-refractivity contribution in [1.29, 1.82) is 0 Å². The van der Waals surface area contributed by atoms with E-state index in [1.807, 2.05) is 30.3 Å². The Hall–Kier alpha value is -3.14. The molecule has 140 valence electrons. The second kappa shape index (κ2) is 6.79. The van der Waals surface area contributed by atoms with Crippen LogP contribution < -0.4 is 4.90 Å². The van der Waals surface area contributed by atoms with Gasteiger partial charge in [-0.25, -0.2) is 0 Å². The van der Waals surface area contributed by atoms with Crippen LogP contribution in [-0.2, 0) is 0 Å². The van der Waals surface area contributed by atoms with E-state index >= 15 is 0 Å². The molecule has 0 amide bonds. The Balaban J connectivity index is 1.73. The summed E-state index contributed by atoms with van der Waals surface area (Å²) in [6.45, 7) is 1.89. The number of hydrogen-bond acceptors (Lipinski definition) is 3. The Morgan fingerprint density at radius 3 is 1.96 bits per heavy atom. The van der Waals surface area contributed by atoms with Crippen molar-refractivity contribution in [3.8, 4) is 0 Å². The van der Waals surface area contributed by atoms with Crippen LogP contribution >= 0.6 is 0 Å². The molecule has 28 heavy (non-hydrogen) atoms. The Morgan fingerprint density at radius 1 is 0.786 bits per heavy atom. The lowest BCUT2D eigenvalue weighted by Crippen LogP contribution is -2.37. The summed E-state index contributed by atoms with van der Waals surface area (Å²) in [5.74, 6) is 0.365. The molecule has 0 fully saturated rings. The van der Waals surface area contributed by atoms with Gasteiger partial charge in [0, 0.05) is 31.0 Å². The van der Waals surface area contributed by atoms with Crippen molar-refractivity contribution in [2.45, 2.75) is 24.7 Å². The highest BCUT2D eigenvalue weighted by atomic mass is 16.6. The van der Waals surface area contributed by atoms with Gasteiger partial charge in [-0.2, -0.15) is 0 Å². The third-order valence-corrected chi connectivity index (χ3v) is 6.24. The zero-order chi connectivity index (χ0) is 19.1. The molecule has 4 nitrogen and oxygen atoms in total. The van der Waals surface area contributed by atoms with Gasteiger partial charge in [-0.3, -0.25) is 10.1 Å². The average Bonchev–Trinajstić information content (AvgIpc) is 2.75. The number of nitrogens with zero attached hydrogens (tertiary/aromatic N) is 2. The zero-order valence-electron chi connectivity index (χ0n) is 15.6. The maximum absolute atomic E-state index is 11.9. The van der Waals surface area contributed by atoms with Crippen LogP contribution in [0.3, 0.4) is 0 Å². The first-order valence-electron chi connectivity index (χ1n) is 9.90. The molecule has 0 saturated heterocycles. The highest BCUT2D eigenvalue weighted by Gasteiger charge is 2.38. The minimum atomic E-state index is -0.207. The molecule has 2 heterocycles. The van der Waals surface area contributed by atoms with Crippen molar-refractivity contribution in [3.63, 3.8) is 0 Å². The molecular formula is C24H22N2O2. The molecule has 0 bridgehead atoms. The smallest absolute Gasteiger partial charge is 0.275 e. The summed E-state index contributed by atoms with van der Waals surface area (Å²) in [7, 11) is 0. The lowest BCUT2D eigenvalue weighted by Gasteiger charge is -2.42. The maximum Gasteiger partial charge on any atom is 0.275 e. The van der Waals surface area contributed by atoms with Crippen LogP contribution in [0.15, 0.2) is 72.8 Å². The average molecular weight is 370 g/mol. The fourth-order valence-corrected chi connectivity index (χ4v) is 5.01. The highest BCUT2D eigenvalue weighted by Crippen LogP contribution is 2.51. The molecule has 0 spiro atoms. The lowest BCUT2D eigenvalue weighted by atomic mass is 9.76. The van der Waals surface area contributed by atoms with E-state index in [0.717, 1.165) is 37.2 Å². The van der Waals surface area contributed by atoms with Crippen LogP contribution in [-0.4, -0.2) is 18.0 Å². The molecule has 2 atom stereocenters. The number of rotatable bonds is 3. The Morgan fingerprint density at radius 2 is 1.36 bits per heavy atom. The summed E-state index contributed by atoms with van der Waals surface area (Å²) in [4.78, 5) is 14.1. The molecule has 3 aromatic carbocycles. The molecule has 2 aliphatic rings. The second-order valence-corrected chi connectivity index (χ2v) is 7.68. The largest absolute Gasteiger partial charge is 0.371 e. The monoisotopic (exact) mass is 370 g/mol. The summed E-state index contributed by atoms with van der Waals surface area (Å²) in [6, 6.07) is 24.5. The van der Waals surface area contributed by atoms with Gasteiger partial charge in [0.15, 0.2) is 0 Å². The highest BCUT2D eigenvalue weighted by molar-refractivity contribution is 5.73. The van der Waals surface area contributed by atoms with Gasteiger partial charge in [0.2, 0.25) is 0 Å². The maximum atomic E-state index is 11.9. The first-order chi connectivity index (χ1) is 13.7. The van der Waals surface area contributed by atoms with E-state index in [0.29, 0.717) is 5.92 Å². The summed E-state index contributed by atoms with van der Waals surface area (Å²) < 4.78 is 0. The first kappa shape index (κ1) is 17.0. The van der Waals surface area contributed by atoms with Gasteiger partial charge >= 0.3 is 0 Å². The van der Waals surface area contributed by atoms with E-state index < -0.39 is 0 Å². The van der Waals surface area contributed by atoms with Crippen LogP contribution in [0.1, 0.15) is 46.9 Å². The minimum Gasteiger partial charge on any atom is -0.371 e. The van der Waals surface area contributed by atoms with E-state index in [1.54, 1.807) is 6.07 Å². The SMILES string of the molecule is O=[N+]([O-])c1ccc2c3c1[C@@H](c1ccccc1)CCN3CC[C@@H]2c1ccccc1. The van der Waals surface area contributed by atoms with Crippen molar-refractivity contribution in [1.82, 2.24) is 0 Å². The van der Waals surface area contributed by atoms with Crippen molar-refractivity contribution in [2.75, 3.05) is 18.0 Å². The van der Waals surface area contributed by atoms with E-state index in [-0.39, 0.29) is 16.5 Å². The predicted molar refractivity (Wildman–Crippen MR) is 111 cm³/mol. The normalized spacial score (nSPS) is 20.5. The molecule has 4 heteroatoms. The molecule has 0 aromatic heterocycles. The van der Waals surface area contributed by atoms with Crippen molar-refractivity contribution < 1.29 is 4.92 Å². The van der Waals surface area contributed by atoms with Gasteiger partial charge < -0.3 is 4.90 Å². The number of nitro benzene ring substituents is 1. The standard InChI is InChI=1S/C24H22N2O2/c27-26(28)22-12-11-21-19(17-7-3-1-4-8-17)13-15-25-16-14-20(23(22)24(21)25)18-9-5-2-6-10-18/h1-12,19-20H,13-16H2/t19-,20-/m1/s1. The van der Waals surface area contributed by atoms with Crippen LogP contribution in [0.5, 0.6) is 0 Å². The fraction of sp³-hybridized carbons (Fsp3) is 0.250. The van der Waals surface area contributed by atoms with Crippen LogP contribution in [0.25, 0.3) is 0 Å². The third-order valence-electron chi connectivity index (χ3n) is 6.24. The van der Waals surface area contributed by atoms with Gasteiger partial charge in [0.1, 0.15) is 0 Å². The molecule has 0 radical (unpaired) electrons. The molecule has 0 saturated carbocycles. The molecule has 0 unspecified atom stereocenters. The van der Waals surface area contributed by atoms with Gasteiger partial charge in [0.25, 0.3) is 5.69 Å². The van der Waals surface area contributed by atoms with Crippen LogP contribution in [0.2, 0.25) is 0 Å². The zero-order valence-corrected chi connectivity index (χ0v) is 15.6. The Kier molecular flexibility index (Phi) is 4.12. The molecule has 5 rings (SSSR count). The number of benzene rings is 3. The molecule has 3 aromatic rings. The molecule has 2 aliphatic heterocycles. The Bertz CT molecular complexity index is 1020. The molecule has 0 aliphatic carbocycles. The molecule has 0 N–H and O–H groups in total. The Labute approximate surface area is 164 Å². The van der Waals surface area contributed by atoms with Crippen molar-refractivity contribution >= 4 is 11.4 Å². The minimum absolute atomic E-state index is 0.0716. The van der Waals surface area contributed by atoms with Crippen LogP contribution in [0, 0.1) is 10.1 Å². The number of anilines is 1. The van der Waals surface area contributed by atoms with E-state index in [1.165, 1.54) is 16.7 Å². The van der Waals surface area contributed by atoms with Crippen molar-refractivity contribution in [3.05, 3.63) is 105 Å². The van der Waals surface area contributed by atoms with E-state index in [9.17, 15) is 10.1 Å². The molecular weight excluding hydrogens is 348 g/mol. The number of hydrogen-bond donors (Lipinski definition) is 0. The fourth-order valence-electron chi connectivity index (χ4n) is 5.01. The van der Waals surface area contributed by atoms with Gasteiger partial charge in [-0.15, -0.1) is 0 Å². The predicted octanol–water partition coefficient (Wildman–Crippen LogP) is 5.47. The third kappa shape index (κ3) is 2.68. The quantitative estimate of drug-likeness (QED) is 0.453. The summed E-state index contributed by atoms with van der Waals surface area (Å²) in [5, 5.41) is 11.9. The summed E-state index contributed by atoms with van der Waals surface area (Å²) in [6.07, 6.45) is 1.96. The summed E-state index contributed by atoms with van der Waals surface area (Å²) >= 11 is 0. The van der Waals surface area contributed by atoms with E-state index in [2.05, 4.69) is 41.3 Å². The van der Waals surface area contributed by atoms with Gasteiger partial charge in [-0.05, 0) is 35.6 Å². The van der Waals surface area contributed by atoms with Crippen LogP contribution in [0.4, 0.5) is 11.4 Å². The topological polar surface area (TPSA) is 46.4 Å². The number of nitro groups is 1. The summed E-state index contributed by atoms with van der Waals surface area (Å²) in [5.41, 5.74) is 5.96. The first-order valence-corrected chi connectivity index (χ1v) is 9.90. The van der Waals surface area contributed by atoms with Gasteiger partial charge in [0.05, 0.1) is 16.2 Å². The van der Waals surface area contributed by atoms with Gasteiger partial charge in [-0.1, -0.05) is 60.7 Å². The lowest BCUT2D eigenvalue weighted by molar-refractivity contribution is -0.385. The van der Waals surface area contributed by atoms with Crippen molar-refractivity contribution in [2.24, 2.45) is 0 Å². The second-order valence-electron chi connectivity index (χ2n) is 7.68. The van der Waals surface area contributed by atoms with E-state index in [4.69, 9.17) is 0 Å².